The van der Waals surface area contributed by atoms with E-state index in [9.17, 15) is 0 Å². The fourth-order valence-electron chi connectivity index (χ4n) is 3.22. The van der Waals surface area contributed by atoms with Crippen LogP contribution in [-0.2, 0) is 6.42 Å². The van der Waals surface area contributed by atoms with E-state index in [-0.39, 0.29) is 6.04 Å². The predicted molar refractivity (Wildman–Crippen MR) is 87.6 cm³/mol. The highest BCUT2D eigenvalue weighted by Crippen LogP contribution is 2.34. The summed E-state index contributed by atoms with van der Waals surface area (Å²) in [6.07, 6.45) is 3.73. The van der Waals surface area contributed by atoms with Crippen LogP contribution < -0.4 is 5.32 Å². The summed E-state index contributed by atoms with van der Waals surface area (Å²) in [5.74, 6) is 1.03. The molecule has 2 unspecified atom stereocenters. The molecule has 0 spiro atoms. The summed E-state index contributed by atoms with van der Waals surface area (Å²) in [5.41, 5.74) is 3.65. The SMILES string of the molecule is CC(NC1CCCc2sccc21)c1nc2ccccc2[nH]1. The Morgan fingerprint density at radius 2 is 2.24 bits per heavy atom. The Labute approximate surface area is 128 Å². The normalized spacial score (nSPS) is 19.6. The van der Waals surface area contributed by atoms with Crippen LogP contribution in [0.1, 0.15) is 48.1 Å². The first-order valence-electron chi connectivity index (χ1n) is 7.58. The number of hydrogen-bond acceptors (Lipinski definition) is 3. The number of imidazole rings is 1. The van der Waals surface area contributed by atoms with Gasteiger partial charge < -0.3 is 10.3 Å². The molecule has 1 aromatic carbocycles. The number of H-pyrrole nitrogens is 1. The molecule has 0 amide bonds. The molecule has 0 bridgehead atoms. The van der Waals surface area contributed by atoms with Gasteiger partial charge in [0.1, 0.15) is 5.82 Å². The Balaban J connectivity index is 1.57. The van der Waals surface area contributed by atoms with Crippen molar-refractivity contribution in [2.45, 2.75) is 38.3 Å². The summed E-state index contributed by atoms with van der Waals surface area (Å²) in [4.78, 5) is 9.69. The molecular weight excluding hydrogens is 278 g/mol. The van der Waals surface area contributed by atoms with E-state index < -0.39 is 0 Å². The van der Waals surface area contributed by atoms with Crippen molar-refractivity contribution in [1.29, 1.82) is 0 Å². The van der Waals surface area contributed by atoms with Crippen molar-refractivity contribution in [3.8, 4) is 0 Å². The molecule has 4 heteroatoms. The van der Waals surface area contributed by atoms with Crippen molar-refractivity contribution in [3.05, 3.63) is 52.0 Å². The minimum Gasteiger partial charge on any atom is -0.341 e. The second-order valence-electron chi connectivity index (χ2n) is 5.77. The second kappa shape index (κ2) is 5.28. The third-order valence-corrected chi connectivity index (χ3v) is 5.32. The monoisotopic (exact) mass is 297 g/mol. The first-order valence-corrected chi connectivity index (χ1v) is 8.46. The van der Waals surface area contributed by atoms with Crippen molar-refractivity contribution in [3.63, 3.8) is 0 Å². The fourth-order valence-corrected chi connectivity index (χ4v) is 4.21. The lowest BCUT2D eigenvalue weighted by Crippen LogP contribution is -2.27. The number of rotatable bonds is 3. The number of aromatic nitrogens is 2. The Bertz CT molecular complexity index is 725. The first kappa shape index (κ1) is 13.0. The minimum absolute atomic E-state index is 0.230. The maximum Gasteiger partial charge on any atom is 0.124 e. The third-order valence-electron chi connectivity index (χ3n) is 4.32. The Morgan fingerprint density at radius 1 is 1.33 bits per heavy atom. The highest BCUT2D eigenvalue weighted by atomic mass is 32.1. The molecule has 3 nitrogen and oxygen atoms in total. The zero-order valence-electron chi connectivity index (χ0n) is 12.1. The van der Waals surface area contributed by atoms with Crippen LogP contribution in [0.5, 0.6) is 0 Å². The highest BCUT2D eigenvalue weighted by Gasteiger charge is 2.23. The molecule has 0 aliphatic heterocycles. The molecule has 1 aliphatic carbocycles. The summed E-state index contributed by atoms with van der Waals surface area (Å²) in [5, 5.41) is 5.97. The number of aryl methyl sites for hydroxylation is 1. The van der Waals surface area contributed by atoms with Crippen molar-refractivity contribution < 1.29 is 0 Å². The molecule has 0 fully saturated rings. The number of hydrogen-bond donors (Lipinski definition) is 2. The molecule has 0 saturated carbocycles. The zero-order valence-corrected chi connectivity index (χ0v) is 12.9. The van der Waals surface area contributed by atoms with E-state index in [0.29, 0.717) is 6.04 Å². The van der Waals surface area contributed by atoms with E-state index in [1.54, 1.807) is 4.88 Å². The average Bonchev–Trinajstić information content (AvgIpc) is 3.14. The van der Waals surface area contributed by atoms with Gasteiger partial charge in [-0.15, -0.1) is 11.3 Å². The van der Waals surface area contributed by atoms with Gasteiger partial charge in [-0.3, -0.25) is 0 Å². The van der Waals surface area contributed by atoms with E-state index in [1.807, 2.05) is 23.5 Å². The third kappa shape index (κ3) is 2.39. The van der Waals surface area contributed by atoms with Gasteiger partial charge in [0, 0.05) is 10.9 Å². The Kier molecular flexibility index (Phi) is 3.28. The highest BCUT2D eigenvalue weighted by molar-refractivity contribution is 7.10. The van der Waals surface area contributed by atoms with Gasteiger partial charge in [-0.25, -0.2) is 4.98 Å². The Morgan fingerprint density at radius 3 is 3.14 bits per heavy atom. The standard InChI is InChI=1S/C17H19N3S/c1-11(17-19-14-5-2-3-6-15(14)20-17)18-13-7-4-8-16-12(13)9-10-21-16/h2-3,5-6,9-11,13,18H,4,7-8H2,1H3,(H,19,20). The molecule has 2 atom stereocenters. The van der Waals surface area contributed by atoms with Crippen molar-refractivity contribution in [2.75, 3.05) is 0 Å². The van der Waals surface area contributed by atoms with Crippen molar-refractivity contribution >= 4 is 22.4 Å². The van der Waals surface area contributed by atoms with Gasteiger partial charge >= 0.3 is 0 Å². The summed E-state index contributed by atoms with van der Waals surface area (Å²) >= 11 is 1.89. The van der Waals surface area contributed by atoms with E-state index >= 15 is 0 Å². The van der Waals surface area contributed by atoms with E-state index in [1.165, 1.54) is 24.8 Å². The second-order valence-corrected chi connectivity index (χ2v) is 6.77. The number of thiophene rings is 1. The Hall–Kier alpha value is -1.65. The van der Waals surface area contributed by atoms with Crippen LogP contribution in [0.3, 0.4) is 0 Å². The van der Waals surface area contributed by atoms with Crippen molar-refractivity contribution in [2.24, 2.45) is 0 Å². The molecule has 0 radical (unpaired) electrons. The van der Waals surface area contributed by atoms with Crippen LogP contribution in [0.25, 0.3) is 11.0 Å². The van der Waals surface area contributed by atoms with Gasteiger partial charge in [0.15, 0.2) is 0 Å². The topological polar surface area (TPSA) is 40.7 Å². The number of benzene rings is 1. The van der Waals surface area contributed by atoms with Gasteiger partial charge in [0.2, 0.25) is 0 Å². The molecule has 4 rings (SSSR count). The van der Waals surface area contributed by atoms with Gasteiger partial charge in [0.25, 0.3) is 0 Å². The van der Waals surface area contributed by atoms with Crippen LogP contribution in [0, 0.1) is 0 Å². The van der Waals surface area contributed by atoms with E-state index in [0.717, 1.165) is 16.9 Å². The number of nitrogens with one attached hydrogen (secondary N) is 2. The molecule has 2 aromatic heterocycles. The average molecular weight is 297 g/mol. The number of fused-ring (bicyclic) bond motifs is 2. The quantitative estimate of drug-likeness (QED) is 0.754. The van der Waals surface area contributed by atoms with E-state index in [2.05, 4.69) is 40.8 Å². The molecule has 3 aromatic rings. The maximum absolute atomic E-state index is 4.71. The molecule has 21 heavy (non-hydrogen) atoms. The van der Waals surface area contributed by atoms with Crippen LogP contribution in [0.4, 0.5) is 0 Å². The maximum atomic E-state index is 4.71. The van der Waals surface area contributed by atoms with Gasteiger partial charge in [-0.05, 0) is 55.3 Å². The first-order chi connectivity index (χ1) is 10.3. The summed E-state index contributed by atoms with van der Waals surface area (Å²) in [6.45, 7) is 2.19. The van der Waals surface area contributed by atoms with Crippen LogP contribution in [0.2, 0.25) is 0 Å². The lowest BCUT2D eigenvalue weighted by atomic mass is 9.93. The number of para-hydroxylation sites is 2. The minimum atomic E-state index is 0.230. The molecule has 2 heterocycles. The molecule has 1 aliphatic rings. The summed E-state index contributed by atoms with van der Waals surface area (Å²) in [7, 11) is 0. The summed E-state index contributed by atoms with van der Waals surface area (Å²) < 4.78 is 0. The molecule has 108 valence electrons. The fraction of sp³-hybridized carbons (Fsp3) is 0.353. The molecule has 0 saturated heterocycles. The van der Waals surface area contributed by atoms with Gasteiger partial charge in [-0.2, -0.15) is 0 Å². The number of aromatic amines is 1. The molecule has 2 N–H and O–H groups in total. The summed E-state index contributed by atoms with van der Waals surface area (Å²) in [6, 6.07) is 11.2. The van der Waals surface area contributed by atoms with Gasteiger partial charge in [0.05, 0.1) is 17.1 Å². The van der Waals surface area contributed by atoms with Gasteiger partial charge in [-0.1, -0.05) is 12.1 Å². The lowest BCUT2D eigenvalue weighted by Gasteiger charge is -2.26. The zero-order chi connectivity index (χ0) is 14.2. The number of nitrogens with zero attached hydrogens (tertiary/aromatic N) is 1. The van der Waals surface area contributed by atoms with Crippen LogP contribution in [0.15, 0.2) is 35.7 Å². The molecular formula is C17H19N3S. The van der Waals surface area contributed by atoms with Crippen molar-refractivity contribution in [1.82, 2.24) is 15.3 Å². The van der Waals surface area contributed by atoms with Crippen LogP contribution in [-0.4, -0.2) is 9.97 Å². The smallest absolute Gasteiger partial charge is 0.124 e. The predicted octanol–water partition coefficient (Wildman–Crippen LogP) is 4.35. The largest absolute Gasteiger partial charge is 0.341 e. The van der Waals surface area contributed by atoms with Crippen LogP contribution >= 0.6 is 11.3 Å². The lowest BCUT2D eigenvalue weighted by molar-refractivity contribution is 0.410. The van der Waals surface area contributed by atoms with E-state index in [4.69, 9.17) is 4.98 Å².